The van der Waals surface area contributed by atoms with Crippen molar-refractivity contribution in [1.82, 2.24) is 15.2 Å². The maximum atomic E-state index is 14.5. The van der Waals surface area contributed by atoms with Gasteiger partial charge >= 0.3 is 0 Å². The lowest BCUT2D eigenvalue weighted by molar-refractivity contribution is -0.125. The van der Waals surface area contributed by atoms with Crippen LogP contribution in [0.25, 0.3) is 0 Å². The molecule has 1 saturated heterocycles. The largest absolute Gasteiger partial charge is 0.347 e. The summed E-state index contributed by atoms with van der Waals surface area (Å²) in [7, 11) is -3.54. The summed E-state index contributed by atoms with van der Waals surface area (Å²) in [6.07, 6.45) is 4.72. The average Bonchev–Trinajstić information content (AvgIpc) is 3.49. The van der Waals surface area contributed by atoms with Crippen molar-refractivity contribution in [2.45, 2.75) is 42.7 Å². The van der Waals surface area contributed by atoms with E-state index in [2.05, 4.69) is 10.3 Å². The van der Waals surface area contributed by atoms with Crippen LogP contribution in [0.3, 0.4) is 0 Å². The highest BCUT2D eigenvalue weighted by molar-refractivity contribution is 7.90. The molecule has 0 bridgehead atoms. The number of carbonyl (C=O) groups excluding carboxylic acids is 2. The summed E-state index contributed by atoms with van der Waals surface area (Å²) in [4.78, 5) is 31.4. The smallest absolute Gasteiger partial charge is 0.273 e. The predicted octanol–water partition coefficient (Wildman–Crippen LogP) is 3.29. The van der Waals surface area contributed by atoms with Crippen LogP contribution in [0.4, 0.5) is 8.78 Å². The van der Waals surface area contributed by atoms with E-state index in [-0.39, 0.29) is 27.1 Å². The fraction of sp³-hybridized carbons (Fsp3) is 0.409. The second-order valence-corrected chi connectivity index (χ2v) is 10.8. The van der Waals surface area contributed by atoms with Crippen molar-refractivity contribution in [3.05, 3.63) is 58.4 Å². The standard InChI is InChI=1S/C22H22ClF2N3O4S/c1-33(31,32)13-6-7-26-18(9-13)22(30)28-8-2-3-19(28)21(29)27-20(12-4-5-12)14-10-17(25)15(23)11-16(14)24/h6-7,9-12,19-20H,2-5,8H2,1H3,(H,27,29)/t19-,20?/m1/s1. The minimum absolute atomic E-state index is 0.0196. The molecule has 1 unspecified atom stereocenters. The summed E-state index contributed by atoms with van der Waals surface area (Å²) in [6.45, 7) is 0.291. The Bertz CT molecular complexity index is 1220. The molecule has 2 fully saturated rings. The molecular weight excluding hydrogens is 476 g/mol. The number of pyridine rings is 1. The number of nitrogens with zero attached hydrogens (tertiary/aromatic N) is 2. The van der Waals surface area contributed by atoms with E-state index >= 15 is 0 Å². The molecular formula is C22H22ClF2N3O4S. The second kappa shape index (κ2) is 8.98. The first-order valence-corrected chi connectivity index (χ1v) is 12.7. The molecule has 2 aliphatic rings. The second-order valence-electron chi connectivity index (χ2n) is 8.42. The normalized spacial score (nSPS) is 19.4. The third-order valence-electron chi connectivity index (χ3n) is 5.96. The Labute approximate surface area is 195 Å². The van der Waals surface area contributed by atoms with Gasteiger partial charge in [0.25, 0.3) is 5.91 Å². The highest BCUT2D eigenvalue weighted by Gasteiger charge is 2.40. The highest BCUT2D eigenvalue weighted by Crippen LogP contribution is 2.42. The highest BCUT2D eigenvalue weighted by atomic mass is 35.5. The first-order valence-electron chi connectivity index (χ1n) is 10.5. The van der Waals surface area contributed by atoms with Crippen LogP contribution >= 0.6 is 11.6 Å². The van der Waals surface area contributed by atoms with E-state index in [0.29, 0.717) is 19.4 Å². The van der Waals surface area contributed by atoms with E-state index in [9.17, 15) is 26.8 Å². The number of rotatable bonds is 6. The van der Waals surface area contributed by atoms with Gasteiger partial charge in [0.05, 0.1) is 16.0 Å². The lowest BCUT2D eigenvalue weighted by Gasteiger charge is -2.27. The maximum Gasteiger partial charge on any atom is 0.273 e. The average molecular weight is 498 g/mol. The SMILES string of the molecule is CS(=O)(=O)c1ccnc(C(=O)N2CCC[C@@H]2C(=O)NC(c2cc(F)c(Cl)cc2F)C2CC2)c1. The molecule has 7 nitrogen and oxygen atoms in total. The van der Waals surface area contributed by atoms with Crippen molar-refractivity contribution in [3.63, 3.8) is 0 Å². The minimum Gasteiger partial charge on any atom is -0.347 e. The zero-order valence-electron chi connectivity index (χ0n) is 17.7. The summed E-state index contributed by atoms with van der Waals surface area (Å²) >= 11 is 5.66. The fourth-order valence-corrected chi connectivity index (χ4v) is 4.88. The Hall–Kier alpha value is -2.59. The van der Waals surface area contributed by atoms with Gasteiger partial charge in [-0.2, -0.15) is 0 Å². The van der Waals surface area contributed by atoms with Gasteiger partial charge in [-0.15, -0.1) is 0 Å². The van der Waals surface area contributed by atoms with Crippen molar-refractivity contribution < 1.29 is 26.8 Å². The molecule has 1 N–H and O–H groups in total. The molecule has 2 amide bonds. The zero-order chi connectivity index (χ0) is 23.9. The molecule has 1 aliphatic carbocycles. The number of hydrogen-bond donors (Lipinski definition) is 1. The fourth-order valence-electron chi connectivity index (χ4n) is 4.09. The molecule has 1 aliphatic heterocycles. The number of amides is 2. The number of benzene rings is 1. The van der Waals surface area contributed by atoms with E-state index in [1.165, 1.54) is 23.2 Å². The van der Waals surface area contributed by atoms with Gasteiger partial charge in [-0.3, -0.25) is 14.6 Å². The first kappa shape index (κ1) is 23.6. The van der Waals surface area contributed by atoms with Crippen LogP contribution < -0.4 is 5.32 Å². The van der Waals surface area contributed by atoms with Crippen molar-refractivity contribution in [2.75, 3.05) is 12.8 Å². The number of sulfone groups is 1. The van der Waals surface area contributed by atoms with E-state index in [4.69, 9.17) is 11.6 Å². The molecule has 33 heavy (non-hydrogen) atoms. The van der Waals surface area contributed by atoms with Crippen LogP contribution in [0.5, 0.6) is 0 Å². The van der Waals surface area contributed by atoms with Crippen LogP contribution in [-0.2, 0) is 14.6 Å². The van der Waals surface area contributed by atoms with Crippen molar-refractivity contribution in [1.29, 1.82) is 0 Å². The Kier molecular flexibility index (Phi) is 6.41. The third-order valence-corrected chi connectivity index (χ3v) is 7.36. The molecule has 0 radical (unpaired) electrons. The summed E-state index contributed by atoms with van der Waals surface area (Å²) in [5, 5.41) is 2.46. The topological polar surface area (TPSA) is 96.4 Å². The summed E-state index contributed by atoms with van der Waals surface area (Å²) in [6, 6.07) is 2.79. The lowest BCUT2D eigenvalue weighted by atomic mass is 10.0. The molecule has 2 heterocycles. The van der Waals surface area contributed by atoms with E-state index in [1.807, 2.05) is 0 Å². The van der Waals surface area contributed by atoms with Crippen LogP contribution in [0.2, 0.25) is 5.02 Å². The first-order chi connectivity index (χ1) is 15.6. The number of halogens is 3. The van der Waals surface area contributed by atoms with Crippen LogP contribution in [0.1, 0.15) is 47.8 Å². The van der Waals surface area contributed by atoms with Gasteiger partial charge in [-0.1, -0.05) is 11.6 Å². The van der Waals surface area contributed by atoms with Gasteiger partial charge in [-0.05, 0) is 55.9 Å². The van der Waals surface area contributed by atoms with Crippen LogP contribution in [0.15, 0.2) is 35.4 Å². The number of likely N-dealkylation sites (tertiary alicyclic amines) is 1. The van der Waals surface area contributed by atoms with E-state index < -0.39 is 45.4 Å². The Morgan fingerprint density at radius 1 is 1.18 bits per heavy atom. The lowest BCUT2D eigenvalue weighted by Crippen LogP contribution is -2.47. The number of aromatic nitrogens is 1. The van der Waals surface area contributed by atoms with Crippen LogP contribution in [0, 0.1) is 17.6 Å². The number of hydrogen-bond acceptors (Lipinski definition) is 5. The van der Waals surface area contributed by atoms with Gasteiger partial charge in [0.2, 0.25) is 5.91 Å². The summed E-state index contributed by atoms with van der Waals surface area (Å²) in [5.74, 6) is -2.57. The monoisotopic (exact) mass is 497 g/mol. The quantitative estimate of drug-likeness (QED) is 0.618. The summed E-state index contributed by atoms with van der Waals surface area (Å²) in [5.41, 5.74) is -0.0617. The maximum absolute atomic E-state index is 14.5. The van der Waals surface area contributed by atoms with Gasteiger partial charge in [-0.25, -0.2) is 17.2 Å². The molecule has 1 saturated carbocycles. The molecule has 0 spiro atoms. The zero-order valence-corrected chi connectivity index (χ0v) is 19.3. The molecule has 1 aromatic heterocycles. The van der Waals surface area contributed by atoms with E-state index in [0.717, 1.165) is 31.2 Å². The number of carbonyl (C=O) groups is 2. The number of nitrogens with one attached hydrogen (secondary N) is 1. The molecule has 2 atom stereocenters. The van der Waals surface area contributed by atoms with Gasteiger partial charge in [0, 0.05) is 24.6 Å². The van der Waals surface area contributed by atoms with Crippen molar-refractivity contribution in [2.24, 2.45) is 5.92 Å². The Balaban J connectivity index is 1.55. The Morgan fingerprint density at radius 3 is 2.58 bits per heavy atom. The molecule has 176 valence electrons. The van der Waals surface area contributed by atoms with Crippen molar-refractivity contribution >= 4 is 33.3 Å². The molecule has 4 rings (SSSR count). The third kappa shape index (κ3) is 5.01. The van der Waals surface area contributed by atoms with E-state index in [1.54, 1.807) is 0 Å². The molecule has 2 aromatic rings. The molecule has 1 aromatic carbocycles. The predicted molar refractivity (Wildman–Crippen MR) is 116 cm³/mol. The molecule has 11 heteroatoms. The van der Waals surface area contributed by atoms with Crippen molar-refractivity contribution in [3.8, 4) is 0 Å². The minimum atomic E-state index is -3.54. The van der Waals surface area contributed by atoms with Gasteiger partial charge in [0.15, 0.2) is 9.84 Å². The van der Waals surface area contributed by atoms with Crippen LogP contribution in [-0.4, -0.2) is 49.0 Å². The Morgan fingerprint density at radius 2 is 1.91 bits per heavy atom. The van der Waals surface area contributed by atoms with Gasteiger partial charge in [0.1, 0.15) is 23.4 Å². The van der Waals surface area contributed by atoms with Gasteiger partial charge < -0.3 is 10.2 Å². The summed E-state index contributed by atoms with van der Waals surface area (Å²) < 4.78 is 52.2.